The van der Waals surface area contributed by atoms with Crippen molar-refractivity contribution in [1.29, 1.82) is 0 Å². The first-order valence-electron chi connectivity index (χ1n) is 5.65. The smallest absolute Gasteiger partial charge is 0.357 e. The van der Waals surface area contributed by atoms with Crippen molar-refractivity contribution in [3.63, 3.8) is 0 Å². The fourth-order valence-electron chi connectivity index (χ4n) is 1.56. The average Bonchev–Trinajstić information content (AvgIpc) is 2.26. The fourth-order valence-corrected chi connectivity index (χ4v) is 2.05. The van der Waals surface area contributed by atoms with Gasteiger partial charge in [-0.1, -0.05) is 22.0 Å². The lowest BCUT2D eigenvalue weighted by molar-refractivity contribution is 0.00633. The van der Waals surface area contributed by atoms with Crippen LogP contribution in [0.4, 0.5) is 0 Å². The summed E-state index contributed by atoms with van der Waals surface area (Å²) < 4.78 is 6.25. The summed E-state index contributed by atoms with van der Waals surface area (Å²) in [6.45, 7) is 5.51. The maximum atomic E-state index is 11.9. The second-order valence-electron chi connectivity index (χ2n) is 5.00. The van der Waals surface area contributed by atoms with E-state index in [1.165, 1.54) is 0 Å². The predicted octanol–water partition coefficient (Wildman–Crippen LogP) is 3.95. The van der Waals surface area contributed by atoms with Crippen LogP contribution in [0, 0.1) is 0 Å². The SMILES string of the molecule is CC(C)(C)OC(=O)c1ccc2c(Br)cccc2n1. The standard InChI is InChI=1S/C14H14BrNO2/c1-14(2,3)18-13(17)12-8-7-9-10(15)5-4-6-11(9)16-12/h4-8H,1-3H3. The molecule has 2 aromatic rings. The Morgan fingerprint density at radius 3 is 2.61 bits per heavy atom. The first-order chi connectivity index (χ1) is 8.37. The van der Waals surface area contributed by atoms with Crippen molar-refractivity contribution in [3.05, 3.63) is 40.5 Å². The number of aromatic nitrogens is 1. The molecule has 0 aliphatic carbocycles. The number of carbonyl (C=O) groups is 1. The molecule has 1 aromatic heterocycles. The van der Waals surface area contributed by atoms with Gasteiger partial charge in [0.2, 0.25) is 0 Å². The molecule has 18 heavy (non-hydrogen) atoms. The van der Waals surface area contributed by atoms with Gasteiger partial charge in [0.25, 0.3) is 0 Å². The minimum absolute atomic E-state index is 0.329. The van der Waals surface area contributed by atoms with Crippen molar-refractivity contribution in [2.24, 2.45) is 0 Å². The summed E-state index contributed by atoms with van der Waals surface area (Å²) in [5, 5.41) is 0.977. The van der Waals surface area contributed by atoms with E-state index in [0.29, 0.717) is 5.69 Å². The lowest BCUT2D eigenvalue weighted by atomic mass is 10.2. The molecule has 0 spiro atoms. The third-order valence-electron chi connectivity index (χ3n) is 2.29. The topological polar surface area (TPSA) is 39.2 Å². The first-order valence-corrected chi connectivity index (χ1v) is 6.45. The Hall–Kier alpha value is -1.42. The molecule has 3 nitrogen and oxygen atoms in total. The highest BCUT2D eigenvalue weighted by Crippen LogP contribution is 2.23. The van der Waals surface area contributed by atoms with E-state index >= 15 is 0 Å². The lowest BCUT2D eigenvalue weighted by Crippen LogP contribution is -2.24. The number of rotatable bonds is 1. The number of hydrogen-bond acceptors (Lipinski definition) is 3. The molecule has 0 fully saturated rings. The zero-order chi connectivity index (χ0) is 13.3. The molecule has 0 amide bonds. The van der Waals surface area contributed by atoms with Gasteiger partial charge in [0.05, 0.1) is 5.52 Å². The van der Waals surface area contributed by atoms with E-state index in [1.54, 1.807) is 6.07 Å². The third kappa shape index (κ3) is 2.88. The molecule has 0 bridgehead atoms. The van der Waals surface area contributed by atoms with E-state index in [9.17, 15) is 4.79 Å². The van der Waals surface area contributed by atoms with Crippen LogP contribution in [0.25, 0.3) is 10.9 Å². The molecule has 0 saturated heterocycles. The van der Waals surface area contributed by atoms with Crippen molar-refractivity contribution < 1.29 is 9.53 Å². The highest BCUT2D eigenvalue weighted by atomic mass is 79.9. The van der Waals surface area contributed by atoms with Gasteiger partial charge in [-0.15, -0.1) is 0 Å². The second kappa shape index (κ2) is 4.69. The number of esters is 1. The molecule has 0 radical (unpaired) electrons. The first kappa shape index (κ1) is 13.0. The number of nitrogens with zero attached hydrogens (tertiary/aromatic N) is 1. The van der Waals surface area contributed by atoms with E-state index in [0.717, 1.165) is 15.4 Å². The van der Waals surface area contributed by atoms with Crippen LogP contribution < -0.4 is 0 Å². The van der Waals surface area contributed by atoms with Crippen LogP contribution in [0.15, 0.2) is 34.8 Å². The Bertz CT molecular complexity index is 602. The fraction of sp³-hybridized carbons (Fsp3) is 0.286. The number of hydrogen-bond donors (Lipinski definition) is 0. The number of halogens is 1. The molecular weight excluding hydrogens is 294 g/mol. The summed E-state index contributed by atoms with van der Waals surface area (Å²) in [5.41, 5.74) is 0.591. The summed E-state index contributed by atoms with van der Waals surface area (Å²) in [6.07, 6.45) is 0. The monoisotopic (exact) mass is 307 g/mol. The van der Waals surface area contributed by atoms with Crippen LogP contribution in [0.5, 0.6) is 0 Å². The summed E-state index contributed by atoms with van der Waals surface area (Å²) in [4.78, 5) is 16.2. The largest absolute Gasteiger partial charge is 0.455 e. The van der Waals surface area contributed by atoms with Crippen LogP contribution in [-0.2, 0) is 4.74 Å². The molecule has 0 N–H and O–H groups in total. The van der Waals surface area contributed by atoms with Crippen LogP contribution >= 0.6 is 15.9 Å². The molecular formula is C14H14BrNO2. The summed E-state index contributed by atoms with van der Waals surface area (Å²) in [5.74, 6) is -0.399. The van der Waals surface area contributed by atoms with Gasteiger partial charge in [0.1, 0.15) is 11.3 Å². The maximum absolute atomic E-state index is 11.9. The van der Waals surface area contributed by atoms with E-state index in [-0.39, 0.29) is 0 Å². The molecule has 4 heteroatoms. The summed E-state index contributed by atoms with van der Waals surface area (Å²) >= 11 is 3.45. The van der Waals surface area contributed by atoms with Gasteiger partial charge >= 0.3 is 5.97 Å². The number of pyridine rings is 1. The van der Waals surface area contributed by atoms with Crippen molar-refractivity contribution in [3.8, 4) is 0 Å². The van der Waals surface area contributed by atoms with Gasteiger partial charge in [-0.2, -0.15) is 0 Å². The van der Waals surface area contributed by atoms with E-state index in [2.05, 4.69) is 20.9 Å². The van der Waals surface area contributed by atoms with Crippen LogP contribution in [0.1, 0.15) is 31.3 Å². The Kier molecular flexibility index (Phi) is 3.39. The zero-order valence-corrected chi connectivity index (χ0v) is 12.1. The number of benzene rings is 1. The molecule has 1 aromatic carbocycles. The number of fused-ring (bicyclic) bond motifs is 1. The summed E-state index contributed by atoms with van der Waals surface area (Å²) in [6, 6.07) is 9.25. The van der Waals surface area contributed by atoms with Gasteiger partial charge in [0, 0.05) is 9.86 Å². The highest BCUT2D eigenvalue weighted by molar-refractivity contribution is 9.10. The van der Waals surface area contributed by atoms with E-state index < -0.39 is 11.6 Å². The van der Waals surface area contributed by atoms with Crippen molar-refractivity contribution in [1.82, 2.24) is 4.98 Å². The van der Waals surface area contributed by atoms with Gasteiger partial charge in [-0.25, -0.2) is 9.78 Å². The van der Waals surface area contributed by atoms with Gasteiger partial charge < -0.3 is 4.74 Å². The Balaban J connectivity index is 2.39. The van der Waals surface area contributed by atoms with Crippen molar-refractivity contribution in [2.75, 3.05) is 0 Å². The molecule has 0 aliphatic rings. The minimum atomic E-state index is -0.509. The van der Waals surface area contributed by atoms with E-state index in [1.807, 2.05) is 45.0 Å². The van der Waals surface area contributed by atoms with Crippen molar-refractivity contribution in [2.45, 2.75) is 26.4 Å². The minimum Gasteiger partial charge on any atom is -0.455 e. The number of ether oxygens (including phenoxy) is 1. The number of carbonyl (C=O) groups excluding carboxylic acids is 1. The van der Waals surface area contributed by atoms with Crippen LogP contribution in [-0.4, -0.2) is 16.6 Å². The third-order valence-corrected chi connectivity index (χ3v) is 2.98. The molecule has 2 rings (SSSR count). The lowest BCUT2D eigenvalue weighted by Gasteiger charge is -2.19. The highest BCUT2D eigenvalue weighted by Gasteiger charge is 2.19. The summed E-state index contributed by atoms with van der Waals surface area (Å²) in [7, 11) is 0. The Morgan fingerprint density at radius 2 is 1.94 bits per heavy atom. The van der Waals surface area contributed by atoms with Crippen molar-refractivity contribution >= 4 is 32.8 Å². The normalized spacial score (nSPS) is 11.6. The molecule has 0 aliphatic heterocycles. The average molecular weight is 308 g/mol. The van der Waals surface area contributed by atoms with E-state index in [4.69, 9.17) is 4.74 Å². The Labute approximate surface area is 114 Å². The predicted molar refractivity (Wildman–Crippen MR) is 74.6 cm³/mol. The van der Waals surface area contributed by atoms with Crippen LogP contribution in [0.3, 0.4) is 0 Å². The molecule has 0 atom stereocenters. The molecule has 1 heterocycles. The van der Waals surface area contributed by atoms with Gasteiger partial charge in [-0.05, 0) is 45.0 Å². The second-order valence-corrected chi connectivity index (χ2v) is 5.86. The van der Waals surface area contributed by atoms with Gasteiger partial charge in [-0.3, -0.25) is 0 Å². The molecule has 94 valence electrons. The molecule has 0 saturated carbocycles. The van der Waals surface area contributed by atoms with Crippen LogP contribution in [0.2, 0.25) is 0 Å². The zero-order valence-electron chi connectivity index (χ0n) is 10.5. The molecule has 0 unspecified atom stereocenters. The van der Waals surface area contributed by atoms with Gasteiger partial charge in [0.15, 0.2) is 0 Å². The maximum Gasteiger partial charge on any atom is 0.357 e. The Morgan fingerprint density at radius 1 is 1.22 bits per heavy atom. The quantitative estimate of drug-likeness (QED) is 0.749.